The van der Waals surface area contributed by atoms with E-state index in [9.17, 15) is 0 Å². The Kier molecular flexibility index (Phi) is 14.4. The van der Waals surface area contributed by atoms with Gasteiger partial charge in [-0.1, -0.05) is 37.1 Å². The fourth-order valence-electron chi connectivity index (χ4n) is 2.16. The number of hydrogen-bond acceptors (Lipinski definition) is 7. The third-order valence-electron chi connectivity index (χ3n) is 3.37. The average molecular weight is 306 g/mol. The minimum atomic E-state index is 0.489. The minimum Gasteiger partial charge on any atom is -0.317 e. The van der Waals surface area contributed by atoms with Crippen LogP contribution in [0.3, 0.4) is 0 Å². The lowest BCUT2D eigenvalue weighted by Crippen LogP contribution is -2.17. The highest BCUT2D eigenvalue weighted by Crippen LogP contribution is 2.07. The molecule has 0 saturated carbocycles. The highest BCUT2D eigenvalue weighted by molar-refractivity contribution is 4.51. The van der Waals surface area contributed by atoms with E-state index in [4.69, 9.17) is 9.78 Å². The van der Waals surface area contributed by atoms with Gasteiger partial charge in [-0.3, -0.25) is 0 Å². The lowest BCUT2D eigenvalue weighted by atomic mass is 10.1. The van der Waals surface area contributed by atoms with Crippen LogP contribution in [0.15, 0.2) is 0 Å². The first kappa shape index (κ1) is 18.8. The Balaban J connectivity index is 2.00. The van der Waals surface area contributed by atoms with Gasteiger partial charge < -0.3 is 5.32 Å². The van der Waals surface area contributed by atoms with Crippen LogP contribution in [-0.4, -0.2) is 26.3 Å². The molecule has 0 aromatic rings. The van der Waals surface area contributed by atoms with E-state index >= 15 is 0 Å². The number of hydrogen-bond donors (Lipinski definition) is 2. The lowest BCUT2D eigenvalue weighted by Gasteiger charge is -2.05. The lowest BCUT2D eigenvalue weighted by molar-refractivity contribution is -0.588. The molecular weight excluding hydrogens is 276 g/mol. The predicted molar refractivity (Wildman–Crippen MR) is 77.3 cm³/mol. The predicted octanol–water partition coefficient (Wildman–Crippen LogP) is 2.74. The zero-order valence-electron chi connectivity index (χ0n) is 12.9. The highest BCUT2D eigenvalue weighted by atomic mass is 17.6. The maximum absolute atomic E-state index is 4.85. The molecule has 0 aliphatic carbocycles. The van der Waals surface area contributed by atoms with Crippen LogP contribution in [0.2, 0.25) is 0 Å². The van der Waals surface area contributed by atoms with Crippen molar-refractivity contribution in [3.63, 3.8) is 0 Å². The maximum Gasteiger partial charge on any atom is 0.0854 e. The maximum atomic E-state index is 4.85. The molecule has 21 heavy (non-hydrogen) atoms. The van der Waals surface area contributed by atoms with E-state index in [1.54, 1.807) is 0 Å². The molecule has 0 aromatic heterocycles. The Morgan fingerprint density at radius 3 is 1.86 bits per heavy atom. The minimum absolute atomic E-state index is 0.489. The highest BCUT2D eigenvalue weighted by Gasteiger charge is 1.96. The van der Waals surface area contributed by atoms with Gasteiger partial charge in [-0.25, -0.2) is 9.78 Å². The Morgan fingerprint density at radius 2 is 1.10 bits per heavy atom. The number of nitrogens with one attached hydrogen (secondary N) is 2. The second kappa shape index (κ2) is 16.1. The summed E-state index contributed by atoms with van der Waals surface area (Å²) < 4.78 is 0. The summed E-state index contributed by atoms with van der Waals surface area (Å²) >= 11 is 0. The van der Waals surface area contributed by atoms with Crippen molar-refractivity contribution in [2.45, 2.75) is 64.2 Å². The standard InChI is InChI=1S/C14H30N2O5/c1-2-4-7-11-15-12-8-6-10-14-18-21-20-16-19-17-13-9-5-3-1/h15-16H,1-14H2. The first-order valence-electron chi connectivity index (χ1n) is 8.19. The second-order valence-corrected chi connectivity index (χ2v) is 5.25. The molecule has 1 heterocycles. The molecule has 1 fully saturated rings. The van der Waals surface area contributed by atoms with Crippen molar-refractivity contribution < 1.29 is 24.8 Å². The smallest absolute Gasteiger partial charge is 0.0854 e. The van der Waals surface area contributed by atoms with Gasteiger partial charge in [-0.2, -0.15) is 0 Å². The van der Waals surface area contributed by atoms with Crippen LogP contribution < -0.4 is 11.0 Å². The molecule has 1 aliphatic rings. The van der Waals surface area contributed by atoms with Crippen molar-refractivity contribution in [3.05, 3.63) is 0 Å². The summed E-state index contributed by atoms with van der Waals surface area (Å²) in [5.41, 5.74) is 2.04. The summed E-state index contributed by atoms with van der Waals surface area (Å²) in [6.07, 6.45) is 11.8. The van der Waals surface area contributed by atoms with E-state index in [0.717, 1.165) is 45.2 Å². The first-order valence-corrected chi connectivity index (χ1v) is 8.19. The molecule has 0 spiro atoms. The van der Waals surface area contributed by atoms with Crippen molar-refractivity contribution in [1.82, 2.24) is 11.0 Å². The Morgan fingerprint density at radius 1 is 0.524 bits per heavy atom. The molecule has 0 radical (unpaired) electrons. The van der Waals surface area contributed by atoms with Crippen molar-refractivity contribution in [1.29, 1.82) is 0 Å². The van der Waals surface area contributed by atoms with Gasteiger partial charge in [0.25, 0.3) is 0 Å². The van der Waals surface area contributed by atoms with E-state index in [1.165, 1.54) is 32.1 Å². The molecule has 7 heteroatoms. The van der Waals surface area contributed by atoms with Crippen molar-refractivity contribution in [3.8, 4) is 0 Å². The molecule has 0 bridgehead atoms. The van der Waals surface area contributed by atoms with E-state index in [-0.39, 0.29) is 0 Å². The fraction of sp³-hybridized carbons (Fsp3) is 1.00. The number of rotatable bonds is 0. The van der Waals surface area contributed by atoms with E-state index in [0.29, 0.717) is 13.2 Å². The van der Waals surface area contributed by atoms with Crippen LogP contribution in [0.1, 0.15) is 64.2 Å². The molecule has 0 amide bonds. The summed E-state index contributed by atoms with van der Waals surface area (Å²) in [6, 6.07) is 0. The van der Waals surface area contributed by atoms with Gasteiger partial charge in [-0.15, -0.1) is 4.99 Å². The summed E-state index contributed by atoms with van der Waals surface area (Å²) in [5.74, 6) is 0. The van der Waals surface area contributed by atoms with Gasteiger partial charge >= 0.3 is 0 Å². The van der Waals surface area contributed by atoms with Gasteiger partial charge in [0.15, 0.2) is 0 Å². The summed E-state index contributed by atoms with van der Waals surface area (Å²) in [5, 5.41) is 7.88. The average Bonchev–Trinajstić information content (AvgIpc) is 2.50. The molecule has 2 N–H and O–H groups in total. The second-order valence-electron chi connectivity index (χ2n) is 5.25. The molecule has 1 rings (SSSR count). The largest absolute Gasteiger partial charge is 0.317 e. The van der Waals surface area contributed by atoms with Crippen molar-refractivity contribution >= 4 is 0 Å². The first-order chi connectivity index (χ1) is 10.5. The zero-order chi connectivity index (χ0) is 14.8. The van der Waals surface area contributed by atoms with Gasteiger partial charge in [0.05, 0.1) is 13.2 Å². The quantitative estimate of drug-likeness (QED) is 0.667. The van der Waals surface area contributed by atoms with E-state index in [2.05, 4.69) is 20.3 Å². The molecule has 0 atom stereocenters. The summed E-state index contributed by atoms with van der Waals surface area (Å²) in [7, 11) is 0. The molecular formula is C14H30N2O5. The van der Waals surface area contributed by atoms with Crippen LogP contribution in [0, 0.1) is 0 Å². The molecule has 1 aliphatic heterocycles. The van der Waals surface area contributed by atoms with Crippen LogP contribution in [0.5, 0.6) is 0 Å². The molecule has 1 saturated heterocycles. The summed E-state index contributed by atoms with van der Waals surface area (Å²) in [6.45, 7) is 3.22. The Labute approximate surface area is 127 Å². The van der Waals surface area contributed by atoms with E-state index < -0.39 is 0 Å². The van der Waals surface area contributed by atoms with Crippen molar-refractivity contribution in [2.24, 2.45) is 0 Å². The zero-order valence-corrected chi connectivity index (χ0v) is 12.9. The van der Waals surface area contributed by atoms with Crippen molar-refractivity contribution in [2.75, 3.05) is 26.3 Å². The normalized spacial score (nSPS) is 24.0. The van der Waals surface area contributed by atoms with Crippen LogP contribution in [0.4, 0.5) is 0 Å². The van der Waals surface area contributed by atoms with Gasteiger partial charge in [0, 0.05) is 0 Å². The van der Waals surface area contributed by atoms with Crippen LogP contribution in [0.25, 0.3) is 0 Å². The Bertz CT molecular complexity index is 118. The molecule has 0 aromatic carbocycles. The Hall–Kier alpha value is -0.280. The molecule has 126 valence electrons. The SMILES string of the molecule is C1CCCCNCCCCCOOONOOCCCC1. The monoisotopic (exact) mass is 306 g/mol. The van der Waals surface area contributed by atoms with Crippen LogP contribution >= 0.6 is 0 Å². The van der Waals surface area contributed by atoms with Gasteiger partial charge in [0.2, 0.25) is 0 Å². The van der Waals surface area contributed by atoms with E-state index in [1.807, 2.05) is 5.64 Å². The fourth-order valence-corrected chi connectivity index (χ4v) is 2.16. The summed E-state index contributed by atoms with van der Waals surface area (Å²) in [4.78, 5) is 18.6. The third-order valence-corrected chi connectivity index (χ3v) is 3.37. The van der Waals surface area contributed by atoms with Gasteiger partial charge in [-0.05, 0) is 55.9 Å². The molecule has 7 nitrogen and oxygen atoms in total. The topological polar surface area (TPSA) is 70.2 Å². The third kappa shape index (κ3) is 14.4. The van der Waals surface area contributed by atoms with Gasteiger partial charge in [0.1, 0.15) is 0 Å². The van der Waals surface area contributed by atoms with Crippen LogP contribution in [-0.2, 0) is 24.8 Å². The molecule has 0 unspecified atom stereocenters.